The summed E-state index contributed by atoms with van der Waals surface area (Å²) in [6.45, 7) is 0. The summed E-state index contributed by atoms with van der Waals surface area (Å²) in [7, 11) is 0. The lowest BCUT2D eigenvalue weighted by molar-refractivity contribution is 0.886. The highest BCUT2D eigenvalue weighted by Gasteiger charge is 2.07. The van der Waals surface area contributed by atoms with Crippen molar-refractivity contribution in [3.05, 3.63) is 16.1 Å². The minimum Gasteiger partial charge on any atom is -0.380 e. The van der Waals surface area contributed by atoms with Gasteiger partial charge in [0.15, 0.2) is 11.5 Å². The largest absolute Gasteiger partial charge is 0.380 e. The number of hydrogen-bond donors (Lipinski definition) is 1. The zero-order valence-electron chi connectivity index (χ0n) is 5.70. The molecule has 0 aliphatic carbocycles. The summed E-state index contributed by atoms with van der Waals surface area (Å²) in [6.07, 6.45) is 1.58. The first-order chi connectivity index (χ1) is 5.68. The van der Waals surface area contributed by atoms with Crippen LogP contribution in [-0.4, -0.2) is 19.6 Å². The Balaban J connectivity index is 2.92. The van der Waals surface area contributed by atoms with Gasteiger partial charge in [0.2, 0.25) is 5.28 Å². The van der Waals surface area contributed by atoms with Crippen LogP contribution in [0.3, 0.4) is 0 Å². The number of nitrogen functional groups attached to an aromatic ring is 1. The Bertz CT molecular complexity index is 439. The Labute approximate surface area is 80.7 Å². The fraction of sp³-hybridized carbons (Fsp3) is 0. The molecule has 0 aliphatic rings. The van der Waals surface area contributed by atoms with Crippen molar-refractivity contribution in [2.24, 2.45) is 0 Å². The normalized spacial score (nSPS) is 10.8. The molecule has 2 rings (SSSR count). The van der Waals surface area contributed by atoms with E-state index in [4.69, 9.17) is 17.3 Å². The van der Waals surface area contributed by atoms with Crippen LogP contribution in [0.1, 0.15) is 0 Å². The average molecular weight is 248 g/mol. The molecule has 0 radical (unpaired) electrons. The zero-order chi connectivity index (χ0) is 8.72. The number of nitrogens with two attached hydrogens (primary N) is 1. The summed E-state index contributed by atoms with van der Waals surface area (Å²) >= 11 is 8.81. The topological polar surface area (TPSA) is 69.1 Å². The molecular weight excluding hydrogens is 245 g/mol. The molecule has 7 heteroatoms. The Morgan fingerprint density at radius 2 is 2.33 bits per heavy atom. The molecule has 0 unspecified atom stereocenters. The van der Waals surface area contributed by atoms with Gasteiger partial charge in [-0.15, -0.1) is 5.10 Å². The van der Waals surface area contributed by atoms with E-state index in [2.05, 4.69) is 31.0 Å². The number of aromatic nitrogens is 4. The molecule has 0 atom stereocenters. The minimum atomic E-state index is 0.0960. The van der Waals surface area contributed by atoms with E-state index >= 15 is 0 Å². The Morgan fingerprint density at radius 1 is 1.58 bits per heavy atom. The quantitative estimate of drug-likeness (QED) is 0.758. The number of anilines is 1. The van der Waals surface area contributed by atoms with Crippen molar-refractivity contribution in [2.75, 3.05) is 5.73 Å². The van der Waals surface area contributed by atoms with E-state index in [1.807, 2.05) is 0 Å². The van der Waals surface area contributed by atoms with Gasteiger partial charge in [0.1, 0.15) is 4.60 Å². The Kier molecular flexibility index (Phi) is 1.66. The van der Waals surface area contributed by atoms with Gasteiger partial charge in [-0.3, -0.25) is 0 Å². The highest BCUT2D eigenvalue weighted by atomic mass is 79.9. The Morgan fingerprint density at radius 3 is 3.08 bits per heavy atom. The van der Waals surface area contributed by atoms with Gasteiger partial charge in [0.25, 0.3) is 0 Å². The lowest BCUT2D eigenvalue weighted by atomic mass is 10.7. The summed E-state index contributed by atoms with van der Waals surface area (Å²) in [5.74, 6) is 0.265. The van der Waals surface area contributed by atoms with Crippen LogP contribution in [0.25, 0.3) is 5.65 Å². The zero-order valence-corrected chi connectivity index (χ0v) is 8.04. The predicted octanol–water partition coefficient (Wildman–Crippen LogP) is 1.12. The van der Waals surface area contributed by atoms with E-state index in [0.29, 0.717) is 10.3 Å². The van der Waals surface area contributed by atoms with E-state index in [0.717, 1.165) is 0 Å². The molecule has 0 amide bonds. The van der Waals surface area contributed by atoms with E-state index < -0.39 is 0 Å². The first-order valence-corrected chi connectivity index (χ1v) is 4.18. The standard InChI is InChI=1S/C5H3BrClN5/c6-2-1-9-4-3(8)10-5(7)11-12(2)4/h1H,(H2,8,10,11). The summed E-state index contributed by atoms with van der Waals surface area (Å²) < 4.78 is 2.17. The van der Waals surface area contributed by atoms with Gasteiger partial charge in [-0.25, -0.2) is 9.50 Å². The molecule has 2 heterocycles. The molecule has 0 saturated heterocycles. The fourth-order valence-corrected chi connectivity index (χ4v) is 1.37. The fourth-order valence-electron chi connectivity index (χ4n) is 0.849. The SMILES string of the molecule is Nc1nc(Cl)nn2c(Br)cnc12. The van der Waals surface area contributed by atoms with Crippen LogP contribution in [0.2, 0.25) is 5.28 Å². The number of halogens is 2. The first-order valence-electron chi connectivity index (χ1n) is 3.01. The summed E-state index contributed by atoms with van der Waals surface area (Å²) in [6, 6.07) is 0. The van der Waals surface area contributed by atoms with E-state index in [-0.39, 0.29) is 11.1 Å². The molecule has 2 aromatic rings. The lowest BCUT2D eigenvalue weighted by Gasteiger charge is -1.96. The first kappa shape index (κ1) is 7.75. The Hall–Kier alpha value is -0.880. The van der Waals surface area contributed by atoms with Gasteiger partial charge in [0, 0.05) is 0 Å². The maximum Gasteiger partial charge on any atom is 0.243 e. The maximum absolute atomic E-state index is 5.58. The molecule has 2 aromatic heterocycles. The van der Waals surface area contributed by atoms with Gasteiger partial charge in [0.05, 0.1) is 6.20 Å². The van der Waals surface area contributed by atoms with Crippen LogP contribution >= 0.6 is 27.5 Å². The third-order valence-electron chi connectivity index (χ3n) is 1.32. The van der Waals surface area contributed by atoms with E-state index in [1.54, 1.807) is 6.20 Å². The maximum atomic E-state index is 5.58. The molecular formula is C5H3BrClN5. The molecule has 0 saturated carbocycles. The molecule has 0 bridgehead atoms. The third kappa shape index (κ3) is 1.03. The molecule has 5 nitrogen and oxygen atoms in total. The molecule has 0 fully saturated rings. The van der Waals surface area contributed by atoms with E-state index in [9.17, 15) is 0 Å². The summed E-state index contributed by atoms with van der Waals surface area (Å²) in [4.78, 5) is 7.71. The second-order valence-corrected chi connectivity index (χ2v) is 3.23. The summed E-state index contributed by atoms with van der Waals surface area (Å²) in [5, 5.41) is 3.97. The van der Waals surface area contributed by atoms with Gasteiger partial charge < -0.3 is 5.73 Å². The molecule has 0 aromatic carbocycles. The van der Waals surface area contributed by atoms with Crippen LogP contribution in [0, 0.1) is 0 Å². The van der Waals surface area contributed by atoms with Crippen molar-refractivity contribution in [2.45, 2.75) is 0 Å². The molecule has 2 N–H and O–H groups in total. The second-order valence-electron chi connectivity index (χ2n) is 2.08. The molecule has 62 valence electrons. The number of fused-ring (bicyclic) bond motifs is 1. The molecule has 0 spiro atoms. The van der Waals surface area contributed by atoms with Crippen LogP contribution < -0.4 is 5.73 Å². The van der Waals surface area contributed by atoms with Crippen LogP contribution in [0.15, 0.2) is 10.8 Å². The number of hydrogen-bond acceptors (Lipinski definition) is 4. The number of imidazole rings is 1. The number of rotatable bonds is 0. The monoisotopic (exact) mass is 247 g/mol. The molecule has 12 heavy (non-hydrogen) atoms. The van der Waals surface area contributed by atoms with E-state index in [1.165, 1.54) is 4.52 Å². The van der Waals surface area contributed by atoms with Gasteiger partial charge in [-0.05, 0) is 27.5 Å². The van der Waals surface area contributed by atoms with Crippen LogP contribution in [0.4, 0.5) is 5.82 Å². The summed E-state index contributed by atoms with van der Waals surface area (Å²) in [5.41, 5.74) is 6.02. The second kappa shape index (κ2) is 2.56. The van der Waals surface area contributed by atoms with Crippen molar-refractivity contribution in [3.63, 3.8) is 0 Å². The van der Waals surface area contributed by atoms with Crippen molar-refractivity contribution in [1.29, 1.82) is 0 Å². The van der Waals surface area contributed by atoms with Crippen molar-refractivity contribution < 1.29 is 0 Å². The van der Waals surface area contributed by atoms with Crippen molar-refractivity contribution >= 4 is 39.0 Å². The van der Waals surface area contributed by atoms with Crippen LogP contribution in [-0.2, 0) is 0 Å². The van der Waals surface area contributed by atoms with Gasteiger partial charge in [-0.1, -0.05) is 0 Å². The minimum absolute atomic E-state index is 0.0960. The predicted molar refractivity (Wildman–Crippen MR) is 47.9 cm³/mol. The number of nitrogens with zero attached hydrogens (tertiary/aromatic N) is 4. The van der Waals surface area contributed by atoms with Crippen molar-refractivity contribution in [1.82, 2.24) is 19.6 Å². The van der Waals surface area contributed by atoms with Crippen LogP contribution in [0.5, 0.6) is 0 Å². The average Bonchev–Trinajstić information content (AvgIpc) is 2.33. The van der Waals surface area contributed by atoms with Gasteiger partial charge >= 0.3 is 0 Å². The highest BCUT2D eigenvalue weighted by molar-refractivity contribution is 9.10. The lowest BCUT2D eigenvalue weighted by Crippen LogP contribution is -2.01. The van der Waals surface area contributed by atoms with Gasteiger partial charge in [-0.2, -0.15) is 4.98 Å². The smallest absolute Gasteiger partial charge is 0.243 e. The third-order valence-corrected chi connectivity index (χ3v) is 2.02. The molecule has 0 aliphatic heterocycles. The van der Waals surface area contributed by atoms with Crippen molar-refractivity contribution in [3.8, 4) is 0 Å². The highest BCUT2D eigenvalue weighted by Crippen LogP contribution is 2.16.